The number of hydrogen-bond donors (Lipinski definition) is 3. The molecule has 2 aliphatic heterocycles. The van der Waals surface area contributed by atoms with E-state index in [4.69, 9.17) is 19.5 Å². The number of phenols is 1. The number of hydrogen-bond acceptors (Lipinski definition) is 11. The number of piperidine rings is 1. The minimum absolute atomic E-state index is 0.0108. The van der Waals surface area contributed by atoms with Gasteiger partial charge in [-0.1, -0.05) is 57.2 Å². The summed E-state index contributed by atoms with van der Waals surface area (Å²) in [6, 6.07) is 27.1. The van der Waals surface area contributed by atoms with Crippen LogP contribution in [-0.4, -0.2) is 108 Å². The first kappa shape index (κ1) is 47.3. The van der Waals surface area contributed by atoms with Gasteiger partial charge in [0.25, 0.3) is 0 Å². The van der Waals surface area contributed by atoms with Gasteiger partial charge in [-0.2, -0.15) is 5.26 Å². The molecule has 342 valence electrons. The van der Waals surface area contributed by atoms with Crippen molar-refractivity contribution in [3.63, 3.8) is 0 Å². The Labute approximate surface area is 383 Å². The van der Waals surface area contributed by atoms with Crippen molar-refractivity contribution >= 4 is 39.0 Å². The molecule has 1 aromatic heterocycles. The predicted molar refractivity (Wildman–Crippen MR) is 247 cm³/mol. The van der Waals surface area contributed by atoms with Gasteiger partial charge in [0.05, 0.1) is 48.5 Å². The molecule has 0 spiro atoms. The van der Waals surface area contributed by atoms with Crippen molar-refractivity contribution in [3.8, 4) is 33.8 Å². The number of Topliss-reactive ketones (excluding diaryl/α,β-unsaturated/α-hetero) is 1. The highest BCUT2D eigenvalue weighted by molar-refractivity contribution is 7.22. The van der Waals surface area contributed by atoms with E-state index in [9.17, 15) is 29.0 Å². The number of benzene rings is 4. The van der Waals surface area contributed by atoms with Crippen LogP contribution in [0.2, 0.25) is 0 Å². The third kappa shape index (κ3) is 12.4. The van der Waals surface area contributed by atoms with Gasteiger partial charge >= 0.3 is 0 Å². The number of fused-ring (bicyclic) bond motifs is 1. The van der Waals surface area contributed by atoms with Crippen LogP contribution < -0.4 is 10.1 Å². The smallest absolute Gasteiger partial charge is 0.246 e. The number of thiophene rings is 1. The molecule has 0 saturated carbocycles. The highest BCUT2D eigenvalue weighted by Crippen LogP contribution is 2.47. The minimum Gasteiger partial charge on any atom is -0.508 e. The lowest BCUT2D eigenvalue weighted by molar-refractivity contribution is -0.144. The number of ether oxygens (including phenoxy) is 3. The van der Waals surface area contributed by atoms with E-state index in [1.54, 1.807) is 48.5 Å². The fourth-order valence-electron chi connectivity index (χ4n) is 8.51. The lowest BCUT2D eigenvalue weighted by Crippen LogP contribution is -2.57. The Morgan fingerprint density at radius 1 is 0.938 bits per heavy atom. The lowest BCUT2D eigenvalue weighted by Gasteiger charge is -2.35. The van der Waals surface area contributed by atoms with E-state index >= 15 is 0 Å². The van der Waals surface area contributed by atoms with E-state index < -0.39 is 35.4 Å². The molecule has 2 fully saturated rings. The van der Waals surface area contributed by atoms with Gasteiger partial charge in [-0.15, -0.1) is 11.3 Å². The van der Waals surface area contributed by atoms with Crippen LogP contribution >= 0.6 is 11.3 Å². The van der Waals surface area contributed by atoms with E-state index in [-0.39, 0.29) is 50.0 Å². The van der Waals surface area contributed by atoms with E-state index in [0.717, 1.165) is 58.6 Å². The van der Waals surface area contributed by atoms with Crippen molar-refractivity contribution in [3.05, 3.63) is 114 Å². The molecule has 2 aliphatic rings. The fourth-order valence-corrected chi connectivity index (χ4v) is 9.68. The molecule has 14 heteroatoms. The van der Waals surface area contributed by atoms with Crippen molar-refractivity contribution in [2.75, 3.05) is 52.6 Å². The number of nitrogens with zero attached hydrogens (tertiary/aromatic N) is 3. The Hall–Kier alpha value is -5.69. The molecular formula is C51H57FN4O8S. The average molecular weight is 905 g/mol. The number of likely N-dealkylation sites (tertiary alicyclic amines) is 2. The van der Waals surface area contributed by atoms with Gasteiger partial charge in [0.15, 0.2) is 11.5 Å². The number of nitrogens with one attached hydrogen (secondary N) is 1. The number of β-amino-alcohol motifs (C(OH)–C–C–N with tert-alkyl or cyclic N) is 1. The molecule has 3 atom stereocenters. The molecule has 0 unspecified atom stereocenters. The molecule has 4 aromatic carbocycles. The Kier molecular flexibility index (Phi) is 15.7. The number of aromatic hydroxyl groups is 1. The van der Waals surface area contributed by atoms with E-state index in [1.807, 2.05) is 39.0 Å². The first-order chi connectivity index (χ1) is 31.2. The summed E-state index contributed by atoms with van der Waals surface area (Å²) in [6.07, 6.45) is 1.95. The molecule has 0 aliphatic carbocycles. The molecule has 2 saturated heterocycles. The molecule has 0 bridgehead atoms. The molecule has 3 N–H and O–H groups in total. The standard InChI is InChI=1S/C51H57FN4O8S/c1-51(2,3)49(50(61)56-31-40(58)28-43(56)44(59)19-8-33-4-6-34(30-53)7-5-33)54-46(60)32-63-27-26-62-25-24-55-22-20-36(21-23-55)35-11-16-41(17-12-35)64-47-42-18-15-39(57)29-45(42)65-48(47)37-9-13-38(52)14-10-37/h4-7,9-18,29,36,40,43,49,57-58H,8,19-28,31-32H2,1-3H3,(H,54,60)/t40-,43+,49-/m1/s1. The number of rotatable bonds is 18. The maximum atomic E-state index is 13.9. The Morgan fingerprint density at radius 2 is 1.65 bits per heavy atom. The number of halogens is 1. The van der Waals surface area contributed by atoms with Crippen molar-refractivity contribution in [2.24, 2.45) is 5.41 Å². The summed E-state index contributed by atoms with van der Waals surface area (Å²) in [5.41, 5.74) is 2.85. The molecular weight excluding hydrogens is 848 g/mol. The van der Waals surface area contributed by atoms with E-state index in [0.29, 0.717) is 42.6 Å². The minimum atomic E-state index is -0.940. The maximum Gasteiger partial charge on any atom is 0.246 e. The van der Waals surface area contributed by atoms with Gasteiger partial charge in [-0.25, -0.2) is 4.39 Å². The summed E-state index contributed by atoms with van der Waals surface area (Å²) in [6.45, 7) is 8.97. The number of aliphatic hydroxyl groups is 1. The van der Waals surface area contributed by atoms with Crippen molar-refractivity contribution in [2.45, 2.75) is 77.0 Å². The fraction of sp³-hybridized carbons (Fsp3) is 0.412. The number of ketones is 1. The molecule has 12 nitrogen and oxygen atoms in total. The average Bonchev–Trinajstić information content (AvgIpc) is 3.87. The summed E-state index contributed by atoms with van der Waals surface area (Å²) in [7, 11) is 0. The quantitative estimate of drug-likeness (QED) is 0.0736. The summed E-state index contributed by atoms with van der Waals surface area (Å²) in [5, 5.41) is 33.3. The number of carbonyl (C=O) groups is 3. The Morgan fingerprint density at radius 3 is 2.34 bits per heavy atom. The molecule has 5 aromatic rings. The number of carbonyl (C=O) groups excluding carboxylic acids is 3. The number of aliphatic hydroxyl groups excluding tert-OH is 1. The molecule has 2 amide bonds. The molecule has 0 radical (unpaired) electrons. The third-order valence-corrected chi connectivity index (χ3v) is 13.3. The van der Waals surface area contributed by atoms with Crippen LogP contribution in [0, 0.1) is 22.6 Å². The van der Waals surface area contributed by atoms with Gasteiger partial charge in [0.1, 0.15) is 30.0 Å². The summed E-state index contributed by atoms with van der Waals surface area (Å²) >= 11 is 1.49. The number of amides is 2. The number of aryl methyl sites for hydroxylation is 1. The van der Waals surface area contributed by atoms with Crippen LogP contribution in [0.3, 0.4) is 0 Å². The third-order valence-electron chi connectivity index (χ3n) is 12.1. The van der Waals surface area contributed by atoms with Crippen LogP contribution in [0.1, 0.15) is 69.1 Å². The topological polar surface area (TPSA) is 162 Å². The van der Waals surface area contributed by atoms with Gasteiger partial charge < -0.3 is 39.5 Å². The largest absolute Gasteiger partial charge is 0.508 e. The van der Waals surface area contributed by atoms with Crippen molar-refractivity contribution in [1.29, 1.82) is 5.26 Å². The second kappa shape index (κ2) is 21.5. The van der Waals surface area contributed by atoms with Gasteiger partial charge in [0, 0.05) is 36.0 Å². The van der Waals surface area contributed by atoms with Crippen LogP contribution in [0.15, 0.2) is 91.0 Å². The highest BCUT2D eigenvalue weighted by atomic mass is 32.1. The van der Waals surface area contributed by atoms with E-state index in [1.165, 1.54) is 33.9 Å². The first-order valence-corrected chi connectivity index (χ1v) is 23.0. The molecule has 3 heterocycles. The van der Waals surface area contributed by atoms with Crippen LogP contribution in [0.5, 0.6) is 17.2 Å². The first-order valence-electron chi connectivity index (χ1n) is 22.2. The zero-order valence-corrected chi connectivity index (χ0v) is 38.0. The van der Waals surface area contributed by atoms with Crippen LogP contribution in [0.25, 0.3) is 20.5 Å². The summed E-state index contributed by atoms with van der Waals surface area (Å²) in [5.74, 6) is 0.629. The van der Waals surface area contributed by atoms with Crippen LogP contribution in [-0.2, 0) is 30.3 Å². The Balaban J connectivity index is 0.803. The van der Waals surface area contributed by atoms with Crippen molar-refractivity contribution < 1.29 is 43.2 Å². The predicted octanol–water partition coefficient (Wildman–Crippen LogP) is 7.98. The SMILES string of the molecule is CC(C)(C)[C@H](NC(=O)COCCOCCN1CCC(c2ccc(Oc3c(-c4ccc(F)cc4)sc4cc(O)ccc34)cc2)CC1)C(=O)N1C[C@H](O)C[C@H]1C(=O)CCc1ccc(C#N)cc1. The van der Waals surface area contributed by atoms with Gasteiger partial charge in [-0.05, 0) is 115 Å². The number of nitriles is 1. The lowest BCUT2D eigenvalue weighted by atomic mass is 9.85. The summed E-state index contributed by atoms with van der Waals surface area (Å²) < 4.78 is 32.5. The Bertz CT molecular complexity index is 2460. The monoisotopic (exact) mass is 904 g/mol. The normalized spacial score (nSPS) is 17.5. The summed E-state index contributed by atoms with van der Waals surface area (Å²) in [4.78, 5) is 44.9. The number of phenolic OH excluding ortho intramolecular Hbond substituents is 1. The zero-order valence-electron chi connectivity index (χ0n) is 37.1. The second-order valence-corrected chi connectivity index (χ2v) is 19.0. The molecule has 7 rings (SSSR count). The van der Waals surface area contributed by atoms with E-state index in [2.05, 4.69) is 28.4 Å². The zero-order chi connectivity index (χ0) is 46.1. The molecule has 65 heavy (non-hydrogen) atoms. The second-order valence-electron chi connectivity index (χ2n) is 17.9. The van der Waals surface area contributed by atoms with Crippen LogP contribution in [0.4, 0.5) is 4.39 Å². The van der Waals surface area contributed by atoms with Gasteiger partial charge in [0.2, 0.25) is 11.8 Å². The maximum absolute atomic E-state index is 13.9. The highest BCUT2D eigenvalue weighted by Gasteiger charge is 2.44. The van der Waals surface area contributed by atoms with Gasteiger partial charge in [-0.3, -0.25) is 14.4 Å². The van der Waals surface area contributed by atoms with Crippen molar-refractivity contribution in [1.82, 2.24) is 15.1 Å².